The van der Waals surface area contributed by atoms with Gasteiger partial charge in [-0.05, 0) is 90.0 Å². The van der Waals surface area contributed by atoms with Crippen molar-refractivity contribution in [2.24, 2.45) is 0 Å². The Morgan fingerprint density at radius 2 is 1.68 bits per heavy atom. The van der Waals surface area contributed by atoms with Gasteiger partial charge < -0.3 is 10.2 Å². The first-order chi connectivity index (χ1) is 17.6. The van der Waals surface area contributed by atoms with Crippen molar-refractivity contribution in [3.05, 3.63) is 93.0 Å². The Kier molecular flexibility index (Phi) is 10.4. The van der Waals surface area contributed by atoms with Crippen molar-refractivity contribution in [2.45, 2.75) is 37.8 Å². The number of rotatable bonds is 11. The summed E-state index contributed by atoms with van der Waals surface area (Å²) < 4.78 is 29.4. The van der Waals surface area contributed by atoms with Crippen molar-refractivity contribution < 1.29 is 18.0 Å². The fraction of sp³-hybridized carbons (Fsp3) is 0.259. The van der Waals surface area contributed by atoms with E-state index in [1.54, 1.807) is 73.7 Å². The molecule has 3 aromatic rings. The van der Waals surface area contributed by atoms with Crippen LogP contribution in [-0.4, -0.2) is 44.3 Å². The molecule has 0 bridgehead atoms. The molecule has 0 radical (unpaired) electrons. The molecule has 0 saturated carbocycles. The predicted octanol–water partition coefficient (Wildman–Crippen LogP) is 5.08. The Morgan fingerprint density at radius 3 is 2.30 bits per heavy atom. The molecular weight excluding hydrogens is 625 g/mol. The van der Waals surface area contributed by atoms with E-state index >= 15 is 0 Å². The van der Waals surface area contributed by atoms with Gasteiger partial charge in [0.2, 0.25) is 11.8 Å². The van der Waals surface area contributed by atoms with Gasteiger partial charge in [0.25, 0.3) is 10.0 Å². The van der Waals surface area contributed by atoms with Gasteiger partial charge >= 0.3 is 0 Å². The summed E-state index contributed by atoms with van der Waals surface area (Å²) in [7, 11) is -4.07. The molecule has 10 heteroatoms. The number of hydrogen-bond acceptors (Lipinski definition) is 4. The van der Waals surface area contributed by atoms with Crippen LogP contribution < -0.4 is 9.62 Å². The smallest absolute Gasteiger partial charge is 0.264 e. The van der Waals surface area contributed by atoms with Crippen LogP contribution in [0.5, 0.6) is 0 Å². The third-order valence-electron chi connectivity index (χ3n) is 5.68. The highest BCUT2D eigenvalue weighted by Gasteiger charge is 2.32. The van der Waals surface area contributed by atoms with Crippen molar-refractivity contribution in [2.75, 3.05) is 17.4 Å². The lowest BCUT2D eigenvalue weighted by molar-refractivity contribution is -0.139. The molecule has 0 fully saturated rings. The average Bonchev–Trinajstić information content (AvgIpc) is 2.89. The summed E-state index contributed by atoms with van der Waals surface area (Å²) in [6.45, 7) is 3.65. The topological polar surface area (TPSA) is 86.8 Å². The number of anilines is 1. The third-order valence-corrected chi connectivity index (χ3v) is 8.43. The van der Waals surface area contributed by atoms with Gasteiger partial charge in [-0.1, -0.05) is 48.9 Å². The molecular formula is C27H29ClIN3O4S. The minimum atomic E-state index is -4.07. The van der Waals surface area contributed by atoms with Gasteiger partial charge in [0.05, 0.1) is 10.6 Å². The first kappa shape index (κ1) is 28.9. The number of benzene rings is 3. The van der Waals surface area contributed by atoms with E-state index in [0.29, 0.717) is 17.3 Å². The Balaban J connectivity index is 2.00. The van der Waals surface area contributed by atoms with Crippen LogP contribution in [-0.2, 0) is 26.2 Å². The Labute approximate surface area is 237 Å². The molecule has 1 atom stereocenters. The number of sulfonamides is 1. The minimum Gasteiger partial charge on any atom is -0.354 e. The van der Waals surface area contributed by atoms with Crippen LogP contribution in [0.15, 0.2) is 83.8 Å². The van der Waals surface area contributed by atoms with Crippen molar-refractivity contribution in [1.82, 2.24) is 10.2 Å². The second-order valence-corrected chi connectivity index (χ2v) is 12.0. The van der Waals surface area contributed by atoms with Gasteiger partial charge in [0.15, 0.2) is 0 Å². The number of nitrogens with zero attached hydrogens (tertiary/aromatic N) is 2. The summed E-state index contributed by atoms with van der Waals surface area (Å²) in [6, 6.07) is 21.0. The van der Waals surface area contributed by atoms with Crippen LogP contribution >= 0.6 is 34.2 Å². The third kappa shape index (κ3) is 7.68. The van der Waals surface area contributed by atoms with Crippen LogP contribution in [0, 0.1) is 3.57 Å². The first-order valence-corrected chi connectivity index (χ1v) is 14.7. The first-order valence-electron chi connectivity index (χ1n) is 11.8. The molecule has 0 saturated heterocycles. The van der Waals surface area contributed by atoms with E-state index in [0.717, 1.165) is 19.9 Å². The fourth-order valence-corrected chi connectivity index (χ4v) is 5.67. The standard InChI is InChI=1S/C27H29ClIN3O4S/c1-3-16-30-27(34)20(2)31(18-21-8-7-9-22(28)17-21)26(33)19-32(24-14-12-23(29)13-15-24)37(35,36)25-10-5-4-6-11-25/h4-15,17,20H,3,16,18-19H2,1-2H3,(H,30,34). The SMILES string of the molecule is CCCNC(=O)C(C)N(Cc1cccc(Cl)c1)C(=O)CN(c1ccc(I)cc1)S(=O)(=O)c1ccccc1. The highest BCUT2D eigenvalue weighted by molar-refractivity contribution is 14.1. The molecule has 0 aromatic heterocycles. The predicted molar refractivity (Wildman–Crippen MR) is 155 cm³/mol. The molecule has 7 nitrogen and oxygen atoms in total. The van der Waals surface area contributed by atoms with E-state index in [-0.39, 0.29) is 17.3 Å². The lowest BCUT2D eigenvalue weighted by atomic mass is 10.1. The van der Waals surface area contributed by atoms with Crippen LogP contribution in [0.4, 0.5) is 5.69 Å². The Morgan fingerprint density at radius 1 is 1.00 bits per heavy atom. The van der Waals surface area contributed by atoms with Gasteiger partial charge in [-0.3, -0.25) is 13.9 Å². The van der Waals surface area contributed by atoms with Gasteiger partial charge in [-0.2, -0.15) is 0 Å². The van der Waals surface area contributed by atoms with Crippen molar-refractivity contribution in [3.8, 4) is 0 Å². The van der Waals surface area contributed by atoms with Gasteiger partial charge in [-0.15, -0.1) is 0 Å². The Hall–Kier alpha value is -2.63. The van der Waals surface area contributed by atoms with E-state index in [9.17, 15) is 18.0 Å². The second-order valence-electron chi connectivity index (χ2n) is 8.42. The number of amides is 2. The zero-order valence-electron chi connectivity index (χ0n) is 20.6. The molecule has 0 aliphatic rings. The van der Waals surface area contributed by atoms with Crippen molar-refractivity contribution in [3.63, 3.8) is 0 Å². The highest BCUT2D eigenvalue weighted by Crippen LogP contribution is 2.25. The van der Waals surface area contributed by atoms with Crippen molar-refractivity contribution in [1.29, 1.82) is 0 Å². The van der Waals surface area contributed by atoms with Crippen molar-refractivity contribution >= 4 is 61.7 Å². The normalized spacial score (nSPS) is 12.0. The quantitative estimate of drug-likeness (QED) is 0.293. The van der Waals surface area contributed by atoms with E-state index in [1.807, 2.05) is 6.92 Å². The largest absolute Gasteiger partial charge is 0.354 e. The molecule has 3 rings (SSSR count). The van der Waals surface area contributed by atoms with Gasteiger partial charge in [0.1, 0.15) is 12.6 Å². The molecule has 1 unspecified atom stereocenters. The van der Waals surface area contributed by atoms with E-state index in [4.69, 9.17) is 11.6 Å². The summed E-state index contributed by atoms with van der Waals surface area (Å²) in [4.78, 5) is 28.1. The maximum absolute atomic E-state index is 13.8. The summed E-state index contributed by atoms with van der Waals surface area (Å²) in [5, 5.41) is 3.32. The van der Waals surface area contributed by atoms with Crippen LogP contribution in [0.1, 0.15) is 25.8 Å². The molecule has 196 valence electrons. The molecule has 0 aliphatic heterocycles. The lowest BCUT2D eigenvalue weighted by Crippen LogP contribution is -2.51. The molecule has 0 spiro atoms. The molecule has 3 aromatic carbocycles. The number of carbonyl (C=O) groups is 2. The summed E-state index contributed by atoms with van der Waals surface area (Å²) in [6.07, 6.45) is 0.747. The number of carbonyl (C=O) groups excluding carboxylic acids is 2. The monoisotopic (exact) mass is 653 g/mol. The maximum atomic E-state index is 13.8. The Bertz CT molecular complexity index is 1320. The lowest BCUT2D eigenvalue weighted by Gasteiger charge is -2.32. The second kappa shape index (κ2) is 13.3. The molecule has 2 amide bonds. The summed E-state index contributed by atoms with van der Waals surface area (Å²) >= 11 is 8.28. The fourth-order valence-electron chi connectivity index (χ4n) is 3.67. The summed E-state index contributed by atoms with van der Waals surface area (Å²) in [5.74, 6) is -0.832. The number of halogens is 2. The number of hydrogen-bond donors (Lipinski definition) is 1. The number of nitrogens with one attached hydrogen (secondary N) is 1. The van der Waals surface area contributed by atoms with E-state index < -0.39 is 28.5 Å². The maximum Gasteiger partial charge on any atom is 0.264 e. The van der Waals surface area contributed by atoms with E-state index in [2.05, 4.69) is 27.9 Å². The average molecular weight is 654 g/mol. The van der Waals surface area contributed by atoms with Crippen LogP contribution in [0.2, 0.25) is 5.02 Å². The van der Waals surface area contributed by atoms with Gasteiger partial charge in [0, 0.05) is 21.7 Å². The zero-order chi connectivity index (χ0) is 27.0. The summed E-state index contributed by atoms with van der Waals surface area (Å²) in [5.41, 5.74) is 1.08. The molecule has 0 aliphatic carbocycles. The van der Waals surface area contributed by atoms with Crippen LogP contribution in [0.3, 0.4) is 0 Å². The highest BCUT2D eigenvalue weighted by atomic mass is 127. The van der Waals surface area contributed by atoms with E-state index in [1.165, 1.54) is 17.0 Å². The van der Waals surface area contributed by atoms with Crippen LogP contribution in [0.25, 0.3) is 0 Å². The minimum absolute atomic E-state index is 0.0662. The molecule has 37 heavy (non-hydrogen) atoms. The van der Waals surface area contributed by atoms with Gasteiger partial charge in [-0.25, -0.2) is 8.42 Å². The zero-order valence-corrected chi connectivity index (χ0v) is 24.3. The molecule has 1 N–H and O–H groups in total. The molecule has 0 heterocycles.